The van der Waals surface area contributed by atoms with Crippen LogP contribution in [0.4, 0.5) is 19.0 Å². The van der Waals surface area contributed by atoms with Crippen LogP contribution in [0.15, 0.2) is 43.2 Å². The maximum atomic E-state index is 12.5. The van der Waals surface area contributed by atoms with Gasteiger partial charge in [-0.1, -0.05) is 30.8 Å². The largest absolute Gasteiger partial charge is 0.511 e. The molecule has 1 unspecified atom stereocenters. The van der Waals surface area contributed by atoms with Gasteiger partial charge in [0.15, 0.2) is 5.65 Å². The van der Waals surface area contributed by atoms with Crippen molar-refractivity contribution < 1.29 is 26.4 Å². The molecule has 10 nitrogen and oxygen atoms in total. The molecule has 0 spiro atoms. The van der Waals surface area contributed by atoms with Gasteiger partial charge in [-0.15, -0.1) is 0 Å². The zero-order valence-corrected chi connectivity index (χ0v) is 19.2. The van der Waals surface area contributed by atoms with E-state index in [4.69, 9.17) is 10.8 Å². The van der Waals surface area contributed by atoms with Crippen LogP contribution in [0.5, 0.6) is 0 Å². The number of nitrogen functional groups attached to an aromatic ring is 1. The smallest absolute Gasteiger partial charge is 0.383 e. The second kappa shape index (κ2) is 9.26. The lowest BCUT2D eigenvalue weighted by Crippen LogP contribution is -2.40. The van der Waals surface area contributed by atoms with Gasteiger partial charge in [-0.05, 0) is 24.5 Å². The number of sulfonamides is 1. The molecule has 35 heavy (non-hydrogen) atoms. The summed E-state index contributed by atoms with van der Waals surface area (Å²) in [5.41, 5.74) is 2.62. The Labute approximate surface area is 198 Å². The summed E-state index contributed by atoms with van der Waals surface area (Å²) in [6.07, 6.45) is 4.12. The van der Waals surface area contributed by atoms with Crippen LogP contribution in [0.1, 0.15) is 24.4 Å². The van der Waals surface area contributed by atoms with E-state index in [-0.39, 0.29) is 17.8 Å². The minimum absolute atomic E-state index is 0.158. The van der Waals surface area contributed by atoms with E-state index in [0.29, 0.717) is 40.9 Å². The van der Waals surface area contributed by atoms with Crippen LogP contribution in [0.2, 0.25) is 0 Å². The van der Waals surface area contributed by atoms with E-state index >= 15 is 0 Å². The summed E-state index contributed by atoms with van der Waals surface area (Å²) in [6.45, 7) is 4.05. The lowest BCUT2D eigenvalue weighted by Gasteiger charge is -2.32. The van der Waals surface area contributed by atoms with E-state index in [0.717, 1.165) is 12.8 Å². The van der Waals surface area contributed by atoms with Crippen molar-refractivity contribution in [1.82, 2.24) is 29.4 Å². The molecule has 0 saturated carbocycles. The summed E-state index contributed by atoms with van der Waals surface area (Å²) >= 11 is 0. The van der Waals surface area contributed by atoms with Gasteiger partial charge in [-0.2, -0.15) is 18.3 Å². The van der Waals surface area contributed by atoms with E-state index in [2.05, 4.69) is 16.5 Å². The highest BCUT2D eigenvalue weighted by Gasteiger charge is 2.45. The number of carbonyl (C=O) groups excluding carboxylic acids is 1. The van der Waals surface area contributed by atoms with Crippen LogP contribution in [0, 0.1) is 0 Å². The van der Waals surface area contributed by atoms with Crippen LogP contribution in [0.3, 0.4) is 0 Å². The number of halogens is 3. The topological polar surface area (TPSA) is 136 Å². The minimum Gasteiger partial charge on any atom is -0.383 e. The standard InChI is InChI=1S/C21H22F3N7O3S/c1-2-16(32)30-9-3-4-15(11-30)31-20-17(19(25)26-12-27-20)18(29-31)14-7-5-13(6-8-14)10-28-35(33,34)21(22,23)24/h2,5-8,12,15,28H,1,3-4,9-11H2,(H2,25,26,27). The monoisotopic (exact) mass is 509 g/mol. The number of nitrogens with zero attached hydrogens (tertiary/aromatic N) is 5. The quantitative estimate of drug-likeness (QED) is 0.487. The Balaban J connectivity index is 1.65. The van der Waals surface area contributed by atoms with E-state index in [1.807, 2.05) is 0 Å². The Morgan fingerprint density at radius 1 is 1.26 bits per heavy atom. The molecule has 14 heteroatoms. The Hall–Kier alpha value is -3.52. The maximum absolute atomic E-state index is 12.5. The molecule has 1 aromatic carbocycles. The number of hydrogen-bond donors (Lipinski definition) is 2. The van der Waals surface area contributed by atoms with E-state index in [1.165, 1.54) is 29.3 Å². The predicted molar refractivity (Wildman–Crippen MR) is 122 cm³/mol. The highest BCUT2D eigenvalue weighted by atomic mass is 32.2. The Kier molecular flexibility index (Phi) is 6.51. The van der Waals surface area contributed by atoms with Crippen molar-refractivity contribution in [2.75, 3.05) is 18.8 Å². The molecular weight excluding hydrogens is 487 g/mol. The van der Waals surface area contributed by atoms with E-state index in [1.54, 1.807) is 21.7 Å². The lowest BCUT2D eigenvalue weighted by atomic mass is 10.1. The molecule has 0 aliphatic carbocycles. The van der Waals surface area contributed by atoms with Crippen LogP contribution in [-0.2, 0) is 21.4 Å². The van der Waals surface area contributed by atoms with E-state index < -0.39 is 22.1 Å². The number of aromatic nitrogens is 4. The molecule has 1 atom stereocenters. The number of carbonyl (C=O) groups is 1. The molecule has 1 saturated heterocycles. The molecule has 3 heterocycles. The second-order valence-electron chi connectivity index (χ2n) is 8.00. The molecule has 0 bridgehead atoms. The number of hydrogen-bond acceptors (Lipinski definition) is 7. The molecule has 3 N–H and O–H groups in total. The van der Waals surface area contributed by atoms with Gasteiger partial charge in [0.25, 0.3) is 0 Å². The number of alkyl halides is 3. The summed E-state index contributed by atoms with van der Waals surface area (Å²) in [5, 5.41) is 5.23. The van der Waals surface area contributed by atoms with Gasteiger partial charge in [0.05, 0.1) is 11.4 Å². The molecule has 0 radical (unpaired) electrons. The van der Waals surface area contributed by atoms with Gasteiger partial charge in [0, 0.05) is 25.2 Å². The number of nitrogens with one attached hydrogen (secondary N) is 1. The fraction of sp³-hybridized carbons (Fsp3) is 0.333. The van der Waals surface area contributed by atoms with Crippen LogP contribution in [-0.4, -0.2) is 57.6 Å². The Morgan fingerprint density at radius 3 is 2.63 bits per heavy atom. The minimum atomic E-state index is -5.45. The number of fused-ring (bicyclic) bond motifs is 1. The van der Waals surface area contributed by atoms with Crippen molar-refractivity contribution in [2.24, 2.45) is 0 Å². The number of anilines is 1. The fourth-order valence-electron chi connectivity index (χ4n) is 3.98. The zero-order valence-electron chi connectivity index (χ0n) is 18.4. The number of benzene rings is 1. The van der Waals surface area contributed by atoms with E-state index in [9.17, 15) is 26.4 Å². The highest BCUT2D eigenvalue weighted by molar-refractivity contribution is 7.90. The second-order valence-corrected chi connectivity index (χ2v) is 9.76. The molecule has 1 amide bonds. The van der Waals surface area contributed by atoms with Gasteiger partial charge in [-0.25, -0.2) is 27.8 Å². The summed E-state index contributed by atoms with van der Waals surface area (Å²) < 4.78 is 63.3. The normalized spacial score (nSPS) is 17.0. The molecule has 1 fully saturated rings. The van der Waals surface area contributed by atoms with Gasteiger partial charge >= 0.3 is 15.5 Å². The van der Waals surface area contributed by atoms with Gasteiger partial charge in [-0.3, -0.25) is 4.79 Å². The van der Waals surface area contributed by atoms with Crippen LogP contribution >= 0.6 is 0 Å². The number of amides is 1. The number of nitrogens with two attached hydrogens (primary N) is 1. The third kappa shape index (κ3) is 4.84. The summed E-state index contributed by atoms with van der Waals surface area (Å²) in [7, 11) is -5.45. The number of likely N-dealkylation sites (tertiary alicyclic amines) is 1. The SMILES string of the molecule is C=CC(=O)N1CCCC(n2nc(-c3ccc(CNS(=O)(=O)C(F)(F)F)cc3)c3c(N)ncnc32)C1. The lowest BCUT2D eigenvalue weighted by molar-refractivity contribution is -0.127. The van der Waals surface area contributed by atoms with Crippen LogP contribution < -0.4 is 10.5 Å². The van der Waals surface area contributed by atoms with Gasteiger partial charge in [0.1, 0.15) is 17.8 Å². The van der Waals surface area contributed by atoms with Crippen molar-refractivity contribution >= 4 is 32.8 Å². The molecular formula is C21H22F3N7O3S. The Bertz CT molecular complexity index is 1370. The van der Waals surface area contributed by atoms with Crippen molar-refractivity contribution in [2.45, 2.75) is 30.9 Å². The third-order valence-corrected chi connectivity index (χ3v) is 6.88. The number of rotatable bonds is 6. The average Bonchev–Trinajstić information content (AvgIpc) is 3.23. The predicted octanol–water partition coefficient (Wildman–Crippen LogP) is 2.36. The highest BCUT2D eigenvalue weighted by Crippen LogP contribution is 2.34. The molecule has 3 aromatic rings. The first kappa shape index (κ1) is 24.6. The average molecular weight is 510 g/mol. The third-order valence-electron chi connectivity index (χ3n) is 5.75. The first-order valence-corrected chi connectivity index (χ1v) is 12.1. The number of piperidine rings is 1. The van der Waals surface area contributed by atoms with Crippen molar-refractivity contribution in [3.8, 4) is 11.3 Å². The first-order chi connectivity index (χ1) is 16.5. The molecule has 4 rings (SSSR count). The van der Waals surface area contributed by atoms with Crippen molar-refractivity contribution in [3.05, 3.63) is 48.8 Å². The molecule has 186 valence electrons. The Morgan fingerprint density at radius 2 is 1.97 bits per heavy atom. The first-order valence-electron chi connectivity index (χ1n) is 10.6. The maximum Gasteiger partial charge on any atom is 0.511 e. The fourth-order valence-corrected chi connectivity index (χ4v) is 4.50. The van der Waals surface area contributed by atoms with Crippen molar-refractivity contribution in [1.29, 1.82) is 0 Å². The summed E-state index contributed by atoms with van der Waals surface area (Å²) in [6, 6.07) is 6.03. The molecule has 2 aromatic heterocycles. The van der Waals surface area contributed by atoms with Crippen molar-refractivity contribution in [3.63, 3.8) is 0 Å². The summed E-state index contributed by atoms with van der Waals surface area (Å²) in [5.74, 6) is 0.0327. The van der Waals surface area contributed by atoms with Gasteiger partial charge in [0.2, 0.25) is 5.91 Å². The molecule has 1 aliphatic heterocycles. The zero-order chi connectivity index (χ0) is 25.4. The summed E-state index contributed by atoms with van der Waals surface area (Å²) in [4.78, 5) is 22.2. The van der Waals surface area contributed by atoms with Crippen LogP contribution in [0.25, 0.3) is 22.3 Å². The van der Waals surface area contributed by atoms with Gasteiger partial charge < -0.3 is 10.6 Å². The molecule has 1 aliphatic rings.